The number of rotatable bonds is 5. The highest BCUT2D eigenvalue weighted by Gasteiger charge is 2.31. The number of nitrogens with one attached hydrogen (secondary N) is 1. The number of halogens is 3. The van der Waals surface area contributed by atoms with Crippen LogP contribution in [0.25, 0.3) is 22.3 Å². The van der Waals surface area contributed by atoms with E-state index in [1.54, 1.807) is 12.1 Å². The second-order valence-electron chi connectivity index (χ2n) is 10.1. The maximum absolute atomic E-state index is 12.8. The molecule has 2 aliphatic heterocycles. The number of aromatic nitrogens is 4. The summed E-state index contributed by atoms with van der Waals surface area (Å²) in [4.78, 5) is 11.4. The van der Waals surface area contributed by atoms with Crippen molar-refractivity contribution in [2.45, 2.75) is 43.9 Å². The molecule has 2 aromatic heterocycles. The molecule has 6 rings (SSSR count). The minimum absolute atomic E-state index is 0.218. The first-order chi connectivity index (χ1) is 18.9. The number of ether oxygens (including phenoxy) is 1. The SMILES string of the molecule is Nc1ncnc2c1c(-c1ccc(Oc3ccc(C(F)(F)F)cc3)cc1)nn2C1CCN(C2CCNCC2)CC1. The average Bonchev–Trinajstić information content (AvgIpc) is 3.35. The zero-order chi connectivity index (χ0) is 27.0. The van der Waals surface area contributed by atoms with Gasteiger partial charge in [0.1, 0.15) is 29.3 Å². The fourth-order valence-corrected chi connectivity index (χ4v) is 5.65. The van der Waals surface area contributed by atoms with Gasteiger partial charge in [-0.3, -0.25) is 0 Å². The van der Waals surface area contributed by atoms with Crippen LogP contribution in [-0.2, 0) is 6.18 Å². The van der Waals surface area contributed by atoms with E-state index in [2.05, 4.69) is 20.2 Å². The number of nitrogen functional groups attached to an aromatic ring is 1. The third-order valence-electron chi connectivity index (χ3n) is 7.73. The second-order valence-corrected chi connectivity index (χ2v) is 10.1. The summed E-state index contributed by atoms with van der Waals surface area (Å²) in [5.74, 6) is 1.19. The van der Waals surface area contributed by atoms with E-state index in [1.165, 1.54) is 31.3 Å². The van der Waals surface area contributed by atoms with E-state index in [-0.39, 0.29) is 6.04 Å². The standard InChI is InChI=1S/C28H30F3N7O/c29-28(30,31)19-3-7-23(8-4-19)39-22-5-1-18(2-6-22)25-24-26(32)34-17-35-27(24)38(36-25)21-11-15-37(16-12-21)20-9-13-33-14-10-20/h1-8,17,20-21,33H,9-16H2,(H2,32,34,35). The molecular weight excluding hydrogens is 507 g/mol. The van der Waals surface area contributed by atoms with Gasteiger partial charge in [-0.05, 0) is 87.3 Å². The third-order valence-corrected chi connectivity index (χ3v) is 7.73. The number of benzene rings is 2. The van der Waals surface area contributed by atoms with Crippen LogP contribution in [0.3, 0.4) is 0 Å². The largest absolute Gasteiger partial charge is 0.457 e. The number of likely N-dealkylation sites (tertiary alicyclic amines) is 1. The lowest BCUT2D eigenvalue weighted by atomic mass is 9.99. The first-order valence-corrected chi connectivity index (χ1v) is 13.3. The van der Waals surface area contributed by atoms with Crippen LogP contribution in [0.5, 0.6) is 11.5 Å². The molecule has 0 radical (unpaired) electrons. The van der Waals surface area contributed by atoms with Gasteiger partial charge in [0.15, 0.2) is 5.65 Å². The van der Waals surface area contributed by atoms with Crippen LogP contribution in [0.15, 0.2) is 54.9 Å². The van der Waals surface area contributed by atoms with Gasteiger partial charge in [0.25, 0.3) is 0 Å². The van der Waals surface area contributed by atoms with E-state index >= 15 is 0 Å². The molecule has 0 aliphatic carbocycles. The molecule has 0 unspecified atom stereocenters. The number of nitrogens with two attached hydrogens (primary N) is 1. The Labute approximate surface area is 224 Å². The number of nitrogens with zero attached hydrogens (tertiary/aromatic N) is 5. The molecular formula is C28H30F3N7O. The Bertz CT molecular complexity index is 1420. The molecule has 4 aromatic rings. The predicted octanol–water partition coefficient (Wildman–Crippen LogP) is 5.28. The summed E-state index contributed by atoms with van der Waals surface area (Å²) >= 11 is 0. The van der Waals surface area contributed by atoms with Gasteiger partial charge in [-0.15, -0.1) is 0 Å². The molecule has 0 spiro atoms. The molecule has 11 heteroatoms. The van der Waals surface area contributed by atoms with E-state index in [1.807, 2.05) is 16.8 Å². The first kappa shape index (κ1) is 25.6. The number of alkyl halides is 3. The minimum atomic E-state index is -4.39. The van der Waals surface area contributed by atoms with Gasteiger partial charge in [0.05, 0.1) is 17.0 Å². The number of fused-ring (bicyclic) bond motifs is 1. The van der Waals surface area contributed by atoms with Crippen LogP contribution in [0.4, 0.5) is 19.0 Å². The molecule has 0 atom stereocenters. The maximum Gasteiger partial charge on any atom is 0.416 e. The molecule has 0 amide bonds. The molecule has 2 saturated heterocycles. The van der Waals surface area contributed by atoms with Crippen molar-refractivity contribution in [2.75, 3.05) is 31.9 Å². The highest BCUT2D eigenvalue weighted by molar-refractivity contribution is 5.98. The van der Waals surface area contributed by atoms with Gasteiger partial charge < -0.3 is 20.7 Å². The van der Waals surface area contributed by atoms with Gasteiger partial charge in [-0.2, -0.15) is 18.3 Å². The van der Waals surface area contributed by atoms with E-state index < -0.39 is 11.7 Å². The summed E-state index contributed by atoms with van der Waals surface area (Å²) in [5.41, 5.74) is 7.84. The third kappa shape index (κ3) is 5.28. The fraction of sp³-hybridized carbons (Fsp3) is 0.393. The molecule has 39 heavy (non-hydrogen) atoms. The van der Waals surface area contributed by atoms with Gasteiger partial charge >= 0.3 is 6.18 Å². The van der Waals surface area contributed by atoms with Crippen molar-refractivity contribution in [1.29, 1.82) is 0 Å². The van der Waals surface area contributed by atoms with Crippen LogP contribution in [-0.4, -0.2) is 56.9 Å². The zero-order valence-corrected chi connectivity index (χ0v) is 21.4. The van der Waals surface area contributed by atoms with Gasteiger partial charge in [-0.25, -0.2) is 14.6 Å². The summed E-state index contributed by atoms with van der Waals surface area (Å²) in [6, 6.07) is 12.7. The molecule has 4 heterocycles. The summed E-state index contributed by atoms with van der Waals surface area (Å²) in [7, 11) is 0. The summed E-state index contributed by atoms with van der Waals surface area (Å²) < 4.78 is 46.3. The van der Waals surface area contributed by atoms with Crippen molar-refractivity contribution in [2.24, 2.45) is 0 Å². The second kappa shape index (κ2) is 10.5. The van der Waals surface area contributed by atoms with Crippen LogP contribution in [0.1, 0.15) is 37.3 Å². The smallest absolute Gasteiger partial charge is 0.416 e. The topological polar surface area (TPSA) is 94.1 Å². The van der Waals surface area contributed by atoms with E-state index in [9.17, 15) is 13.2 Å². The van der Waals surface area contributed by atoms with Crippen molar-refractivity contribution in [1.82, 2.24) is 30.0 Å². The normalized spacial score (nSPS) is 18.0. The Balaban J connectivity index is 1.22. The Hall–Kier alpha value is -3.70. The lowest BCUT2D eigenvalue weighted by Gasteiger charge is -2.39. The molecule has 0 saturated carbocycles. The van der Waals surface area contributed by atoms with Crippen molar-refractivity contribution in [3.63, 3.8) is 0 Å². The molecule has 204 valence electrons. The van der Waals surface area contributed by atoms with E-state index in [0.717, 1.165) is 67.8 Å². The Kier molecular flexibility index (Phi) is 6.86. The molecule has 2 aromatic carbocycles. The highest BCUT2D eigenvalue weighted by Crippen LogP contribution is 2.36. The molecule has 8 nitrogen and oxygen atoms in total. The van der Waals surface area contributed by atoms with Gasteiger partial charge in [0, 0.05) is 24.7 Å². The van der Waals surface area contributed by atoms with Crippen molar-refractivity contribution >= 4 is 16.9 Å². The maximum atomic E-state index is 12.8. The van der Waals surface area contributed by atoms with E-state index in [4.69, 9.17) is 15.6 Å². The summed E-state index contributed by atoms with van der Waals surface area (Å²) in [6.45, 7) is 4.23. The molecule has 0 bridgehead atoms. The van der Waals surface area contributed by atoms with Crippen LogP contribution in [0.2, 0.25) is 0 Å². The zero-order valence-electron chi connectivity index (χ0n) is 21.4. The Morgan fingerprint density at radius 1 is 0.846 bits per heavy atom. The molecule has 2 aliphatic rings. The molecule has 2 fully saturated rings. The van der Waals surface area contributed by atoms with E-state index in [0.29, 0.717) is 29.1 Å². The summed E-state index contributed by atoms with van der Waals surface area (Å²) in [6.07, 6.45) is 1.46. The number of hydrogen-bond acceptors (Lipinski definition) is 7. The first-order valence-electron chi connectivity index (χ1n) is 13.3. The number of anilines is 1. The van der Waals surface area contributed by atoms with Crippen LogP contribution in [0, 0.1) is 0 Å². The quantitative estimate of drug-likeness (QED) is 0.358. The van der Waals surface area contributed by atoms with Crippen molar-refractivity contribution in [3.8, 4) is 22.8 Å². The van der Waals surface area contributed by atoms with Crippen molar-refractivity contribution in [3.05, 3.63) is 60.4 Å². The van der Waals surface area contributed by atoms with Gasteiger partial charge in [-0.1, -0.05) is 0 Å². The average molecular weight is 538 g/mol. The molecule has 3 N–H and O–H groups in total. The lowest BCUT2D eigenvalue weighted by Crippen LogP contribution is -2.46. The Morgan fingerprint density at radius 3 is 2.13 bits per heavy atom. The monoisotopic (exact) mass is 537 g/mol. The predicted molar refractivity (Wildman–Crippen MR) is 142 cm³/mol. The summed E-state index contributed by atoms with van der Waals surface area (Å²) in [5, 5.41) is 9.15. The fourth-order valence-electron chi connectivity index (χ4n) is 5.65. The van der Waals surface area contributed by atoms with Crippen LogP contribution >= 0.6 is 0 Å². The van der Waals surface area contributed by atoms with Crippen molar-refractivity contribution < 1.29 is 17.9 Å². The minimum Gasteiger partial charge on any atom is -0.457 e. The number of hydrogen-bond donors (Lipinski definition) is 2. The lowest BCUT2D eigenvalue weighted by molar-refractivity contribution is -0.137. The Morgan fingerprint density at radius 2 is 1.49 bits per heavy atom. The van der Waals surface area contributed by atoms with Crippen LogP contribution < -0.4 is 15.8 Å². The van der Waals surface area contributed by atoms with Gasteiger partial charge in [0.2, 0.25) is 0 Å². The number of piperidine rings is 2. The highest BCUT2D eigenvalue weighted by atomic mass is 19.4.